The maximum absolute atomic E-state index is 12.3. The fourth-order valence-corrected chi connectivity index (χ4v) is 2.39. The Bertz CT molecular complexity index is 527. The van der Waals surface area contributed by atoms with Crippen LogP contribution < -0.4 is 4.90 Å². The standard InChI is InChI=1S/C15H19NO4/c1-10-5-4-6-12(11(10)2)16(14(17)9-19-3)13-7-8-20-15(13)18/h4-6,13H,7-9H2,1-3H3. The molecule has 1 fully saturated rings. The third-order valence-corrected chi connectivity index (χ3v) is 3.59. The number of amides is 1. The quantitative estimate of drug-likeness (QED) is 0.784. The predicted octanol–water partition coefficient (Wildman–Crippen LogP) is 1.60. The first-order valence-electron chi connectivity index (χ1n) is 6.60. The molecule has 1 atom stereocenters. The van der Waals surface area contributed by atoms with Gasteiger partial charge in [-0.25, -0.2) is 4.79 Å². The Morgan fingerprint density at radius 2 is 2.20 bits per heavy atom. The lowest BCUT2D eigenvalue weighted by atomic mass is 10.0. The molecule has 0 saturated carbocycles. The van der Waals surface area contributed by atoms with Crippen LogP contribution in [0.4, 0.5) is 5.69 Å². The monoisotopic (exact) mass is 277 g/mol. The molecule has 20 heavy (non-hydrogen) atoms. The number of methoxy groups -OCH3 is 1. The molecule has 1 heterocycles. The number of benzene rings is 1. The number of anilines is 1. The van der Waals surface area contributed by atoms with E-state index >= 15 is 0 Å². The van der Waals surface area contributed by atoms with Gasteiger partial charge < -0.3 is 9.47 Å². The van der Waals surface area contributed by atoms with E-state index < -0.39 is 6.04 Å². The van der Waals surface area contributed by atoms with Crippen molar-refractivity contribution >= 4 is 17.6 Å². The molecular weight excluding hydrogens is 258 g/mol. The highest BCUT2D eigenvalue weighted by atomic mass is 16.5. The highest BCUT2D eigenvalue weighted by molar-refractivity contribution is 6.01. The molecule has 5 nitrogen and oxygen atoms in total. The van der Waals surface area contributed by atoms with E-state index in [2.05, 4.69) is 0 Å². The van der Waals surface area contributed by atoms with Crippen LogP contribution in [0.1, 0.15) is 17.5 Å². The van der Waals surface area contributed by atoms with Crippen molar-refractivity contribution in [2.24, 2.45) is 0 Å². The van der Waals surface area contributed by atoms with E-state index in [0.29, 0.717) is 13.0 Å². The SMILES string of the molecule is COCC(=O)N(c1cccc(C)c1C)C1CCOC1=O. The van der Waals surface area contributed by atoms with Crippen molar-refractivity contribution in [1.82, 2.24) is 0 Å². The minimum Gasteiger partial charge on any atom is -0.464 e. The molecule has 0 aliphatic carbocycles. The van der Waals surface area contributed by atoms with Gasteiger partial charge in [0.2, 0.25) is 0 Å². The smallest absolute Gasteiger partial charge is 0.329 e. The molecule has 1 aromatic carbocycles. The van der Waals surface area contributed by atoms with Gasteiger partial charge in [0.1, 0.15) is 12.6 Å². The topological polar surface area (TPSA) is 55.8 Å². The summed E-state index contributed by atoms with van der Waals surface area (Å²) in [5, 5.41) is 0. The molecule has 0 bridgehead atoms. The number of nitrogens with zero attached hydrogens (tertiary/aromatic N) is 1. The predicted molar refractivity (Wildman–Crippen MR) is 74.6 cm³/mol. The van der Waals surface area contributed by atoms with Gasteiger partial charge >= 0.3 is 5.97 Å². The zero-order valence-electron chi connectivity index (χ0n) is 12.0. The van der Waals surface area contributed by atoms with Crippen LogP contribution in [0.2, 0.25) is 0 Å². The second-order valence-electron chi connectivity index (χ2n) is 4.89. The third-order valence-electron chi connectivity index (χ3n) is 3.59. The lowest BCUT2D eigenvalue weighted by Crippen LogP contribution is -2.45. The van der Waals surface area contributed by atoms with Gasteiger partial charge in [-0.15, -0.1) is 0 Å². The normalized spacial score (nSPS) is 17.9. The van der Waals surface area contributed by atoms with Crippen LogP contribution in [0.25, 0.3) is 0 Å². The van der Waals surface area contributed by atoms with Crippen LogP contribution in [-0.4, -0.2) is 38.2 Å². The van der Waals surface area contributed by atoms with Crippen molar-refractivity contribution in [3.8, 4) is 0 Å². The molecular formula is C15H19NO4. The minimum absolute atomic E-state index is 0.0584. The van der Waals surface area contributed by atoms with E-state index in [1.54, 1.807) is 0 Å². The number of carbonyl (C=O) groups excluding carboxylic acids is 2. The molecule has 108 valence electrons. The van der Waals surface area contributed by atoms with E-state index in [4.69, 9.17) is 9.47 Å². The summed E-state index contributed by atoms with van der Waals surface area (Å²) in [6.07, 6.45) is 0.516. The Hall–Kier alpha value is -1.88. The average molecular weight is 277 g/mol. The number of hydrogen-bond donors (Lipinski definition) is 0. The number of cyclic esters (lactones) is 1. The van der Waals surface area contributed by atoms with Crippen LogP contribution in [-0.2, 0) is 19.1 Å². The van der Waals surface area contributed by atoms with Gasteiger partial charge in [-0.05, 0) is 31.0 Å². The van der Waals surface area contributed by atoms with Crippen LogP contribution >= 0.6 is 0 Å². The molecule has 1 aliphatic heterocycles. The molecule has 1 unspecified atom stereocenters. The van der Waals surface area contributed by atoms with Gasteiger partial charge in [-0.2, -0.15) is 0 Å². The lowest BCUT2D eigenvalue weighted by Gasteiger charge is -2.28. The molecule has 0 N–H and O–H groups in total. The Balaban J connectivity index is 2.43. The summed E-state index contributed by atoms with van der Waals surface area (Å²) < 4.78 is 9.92. The maximum Gasteiger partial charge on any atom is 0.329 e. The molecule has 0 aromatic heterocycles. The first-order valence-corrected chi connectivity index (χ1v) is 6.60. The maximum atomic E-state index is 12.3. The highest BCUT2D eigenvalue weighted by Gasteiger charge is 2.36. The number of carbonyl (C=O) groups is 2. The van der Waals surface area contributed by atoms with Crippen molar-refractivity contribution in [2.45, 2.75) is 26.3 Å². The Morgan fingerprint density at radius 3 is 2.80 bits per heavy atom. The van der Waals surface area contributed by atoms with Gasteiger partial charge in [0, 0.05) is 19.2 Å². The van der Waals surface area contributed by atoms with Crippen molar-refractivity contribution in [3.05, 3.63) is 29.3 Å². The van der Waals surface area contributed by atoms with Gasteiger partial charge in [0.05, 0.1) is 6.61 Å². The van der Waals surface area contributed by atoms with Gasteiger partial charge in [-0.3, -0.25) is 9.69 Å². The minimum atomic E-state index is -0.557. The molecule has 5 heteroatoms. The largest absolute Gasteiger partial charge is 0.464 e. The second-order valence-corrected chi connectivity index (χ2v) is 4.89. The zero-order chi connectivity index (χ0) is 14.7. The highest BCUT2D eigenvalue weighted by Crippen LogP contribution is 2.28. The summed E-state index contributed by atoms with van der Waals surface area (Å²) in [4.78, 5) is 25.7. The molecule has 2 rings (SSSR count). The van der Waals surface area contributed by atoms with E-state index in [1.807, 2.05) is 32.0 Å². The molecule has 0 spiro atoms. The Labute approximate surface area is 118 Å². The summed E-state index contributed by atoms with van der Waals surface area (Å²) in [6.45, 7) is 4.21. The number of rotatable bonds is 4. The van der Waals surface area contributed by atoms with Gasteiger partial charge in [-0.1, -0.05) is 12.1 Å². The number of hydrogen-bond acceptors (Lipinski definition) is 4. The van der Waals surface area contributed by atoms with Crippen molar-refractivity contribution in [2.75, 3.05) is 25.2 Å². The third kappa shape index (κ3) is 2.67. The molecule has 1 amide bonds. The van der Waals surface area contributed by atoms with Crippen LogP contribution in [0.15, 0.2) is 18.2 Å². The summed E-state index contributed by atoms with van der Waals surface area (Å²) in [6, 6.07) is 5.15. The van der Waals surface area contributed by atoms with Crippen LogP contribution in [0.5, 0.6) is 0 Å². The van der Waals surface area contributed by atoms with Crippen molar-refractivity contribution in [1.29, 1.82) is 0 Å². The Kier molecular flexibility index (Phi) is 4.39. The first kappa shape index (κ1) is 14.5. The van der Waals surface area contributed by atoms with E-state index in [9.17, 15) is 9.59 Å². The molecule has 0 radical (unpaired) electrons. The van der Waals surface area contributed by atoms with Crippen LogP contribution in [0, 0.1) is 13.8 Å². The zero-order valence-corrected chi connectivity index (χ0v) is 12.0. The average Bonchev–Trinajstić information content (AvgIpc) is 2.82. The number of esters is 1. The number of aryl methyl sites for hydroxylation is 1. The Morgan fingerprint density at radius 1 is 1.45 bits per heavy atom. The van der Waals surface area contributed by atoms with Crippen molar-refractivity contribution < 1.29 is 19.1 Å². The lowest BCUT2D eigenvalue weighted by molar-refractivity contribution is -0.140. The summed E-state index contributed by atoms with van der Waals surface area (Å²) >= 11 is 0. The van der Waals surface area contributed by atoms with E-state index in [1.165, 1.54) is 12.0 Å². The summed E-state index contributed by atoms with van der Waals surface area (Å²) in [5.41, 5.74) is 2.80. The second kappa shape index (κ2) is 6.05. The molecule has 1 saturated heterocycles. The van der Waals surface area contributed by atoms with Crippen LogP contribution in [0.3, 0.4) is 0 Å². The van der Waals surface area contributed by atoms with E-state index in [0.717, 1.165) is 16.8 Å². The summed E-state index contributed by atoms with van der Waals surface area (Å²) in [5.74, 6) is -0.583. The fourth-order valence-electron chi connectivity index (χ4n) is 2.39. The molecule has 1 aromatic rings. The van der Waals surface area contributed by atoms with E-state index in [-0.39, 0.29) is 18.5 Å². The van der Waals surface area contributed by atoms with Crippen molar-refractivity contribution in [3.63, 3.8) is 0 Å². The van der Waals surface area contributed by atoms with Gasteiger partial charge in [0.25, 0.3) is 5.91 Å². The summed E-state index contributed by atoms with van der Waals surface area (Å²) in [7, 11) is 1.46. The molecule has 1 aliphatic rings. The van der Waals surface area contributed by atoms with Gasteiger partial charge in [0.15, 0.2) is 0 Å². The first-order chi connectivity index (χ1) is 9.56. The number of ether oxygens (including phenoxy) is 2. The fraction of sp³-hybridized carbons (Fsp3) is 0.467.